The number of carbonyl (C=O) groups excluding carboxylic acids is 1. The van der Waals surface area contributed by atoms with E-state index in [1.54, 1.807) is 26.1 Å². The predicted molar refractivity (Wildman–Crippen MR) is 94.0 cm³/mol. The fourth-order valence-corrected chi connectivity index (χ4v) is 1.95. The largest absolute Gasteiger partial charge is 0.497 e. The Labute approximate surface area is 138 Å². The first-order valence-corrected chi connectivity index (χ1v) is 7.92. The molecule has 0 atom stereocenters. The highest BCUT2D eigenvalue weighted by Crippen LogP contribution is 2.11. The molecule has 0 bridgehead atoms. The van der Waals surface area contributed by atoms with Gasteiger partial charge in [0, 0.05) is 33.6 Å². The third-order valence-corrected chi connectivity index (χ3v) is 3.30. The van der Waals surface area contributed by atoms with Crippen LogP contribution in [0.25, 0.3) is 0 Å². The van der Waals surface area contributed by atoms with Gasteiger partial charge in [0.15, 0.2) is 5.96 Å². The van der Waals surface area contributed by atoms with Crippen LogP contribution in [-0.4, -0.2) is 57.6 Å². The summed E-state index contributed by atoms with van der Waals surface area (Å²) >= 11 is 0. The lowest BCUT2D eigenvalue weighted by Crippen LogP contribution is -2.38. The third kappa shape index (κ3) is 7.54. The highest BCUT2D eigenvalue weighted by molar-refractivity contribution is 5.80. The van der Waals surface area contributed by atoms with Crippen LogP contribution in [0.2, 0.25) is 0 Å². The van der Waals surface area contributed by atoms with E-state index in [4.69, 9.17) is 4.74 Å². The van der Waals surface area contributed by atoms with Crippen LogP contribution in [-0.2, 0) is 11.2 Å². The molecule has 0 aliphatic heterocycles. The molecule has 2 N–H and O–H groups in total. The van der Waals surface area contributed by atoms with Gasteiger partial charge in [-0.3, -0.25) is 9.79 Å². The Morgan fingerprint density at radius 1 is 1.22 bits per heavy atom. The molecule has 0 radical (unpaired) electrons. The molecular formula is C17H28N4O2. The van der Waals surface area contributed by atoms with Crippen LogP contribution in [0.4, 0.5) is 0 Å². The van der Waals surface area contributed by atoms with Gasteiger partial charge in [-0.25, -0.2) is 0 Å². The second-order valence-corrected chi connectivity index (χ2v) is 5.32. The first-order chi connectivity index (χ1) is 11.1. The number of nitrogens with zero attached hydrogens (tertiary/aromatic N) is 2. The van der Waals surface area contributed by atoms with Gasteiger partial charge in [0.25, 0.3) is 0 Å². The summed E-state index contributed by atoms with van der Waals surface area (Å²) in [6.07, 6.45) is 1.31. The Morgan fingerprint density at radius 2 is 1.91 bits per heavy atom. The molecule has 0 aliphatic carbocycles. The molecule has 6 heteroatoms. The zero-order chi connectivity index (χ0) is 17.1. The highest BCUT2D eigenvalue weighted by Gasteiger charge is 2.03. The quantitative estimate of drug-likeness (QED) is 0.559. The molecule has 1 aromatic carbocycles. The summed E-state index contributed by atoms with van der Waals surface area (Å²) in [5, 5.41) is 6.47. The molecule has 0 heterocycles. The smallest absolute Gasteiger partial charge is 0.223 e. The van der Waals surface area contributed by atoms with Crippen molar-refractivity contribution in [2.45, 2.75) is 19.8 Å². The fraction of sp³-hybridized carbons (Fsp3) is 0.529. The maximum atomic E-state index is 11.5. The molecule has 1 amide bonds. The Bertz CT molecular complexity index is 498. The molecule has 128 valence electrons. The minimum Gasteiger partial charge on any atom is -0.497 e. The van der Waals surface area contributed by atoms with Crippen molar-refractivity contribution >= 4 is 11.9 Å². The van der Waals surface area contributed by atoms with Crippen molar-refractivity contribution < 1.29 is 9.53 Å². The summed E-state index contributed by atoms with van der Waals surface area (Å²) in [7, 11) is 5.17. The first-order valence-electron chi connectivity index (χ1n) is 7.92. The van der Waals surface area contributed by atoms with E-state index < -0.39 is 0 Å². The van der Waals surface area contributed by atoms with Crippen molar-refractivity contribution in [2.75, 3.05) is 40.8 Å². The average molecular weight is 320 g/mol. The molecule has 0 spiro atoms. The van der Waals surface area contributed by atoms with Gasteiger partial charge in [-0.2, -0.15) is 0 Å². The van der Waals surface area contributed by atoms with E-state index in [-0.39, 0.29) is 5.91 Å². The van der Waals surface area contributed by atoms with E-state index in [1.807, 2.05) is 19.1 Å². The number of nitrogens with one attached hydrogen (secondary N) is 2. The minimum atomic E-state index is 0.0860. The van der Waals surface area contributed by atoms with Crippen LogP contribution < -0.4 is 15.4 Å². The number of carbonyl (C=O) groups is 1. The Balaban J connectivity index is 2.40. The number of ether oxygens (including phenoxy) is 1. The fourth-order valence-electron chi connectivity index (χ4n) is 1.95. The topological polar surface area (TPSA) is 66.0 Å². The van der Waals surface area contributed by atoms with Gasteiger partial charge in [-0.05, 0) is 31.0 Å². The molecule has 0 saturated heterocycles. The van der Waals surface area contributed by atoms with Crippen LogP contribution >= 0.6 is 0 Å². The number of aliphatic imine (C=N–C) groups is 1. The monoisotopic (exact) mass is 320 g/mol. The van der Waals surface area contributed by atoms with Gasteiger partial charge in [-0.1, -0.05) is 12.1 Å². The maximum Gasteiger partial charge on any atom is 0.223 e. The van der Waals surface area contributed by atoms with E-state index in [0.29, 0.717) is 13.0 Å². The number of amides is 1. The van der Waals surface area contributed by atoms with Gasteiger partial charge in [-0.15, -0.1) is 0 Å². The second kappa shape index (κ2) is 10.5. The predicted octanol–water partition coefficient (Wildman–Crippen LogP) is 1.27. The zero-order valence-corrected chi connectivity index (χ0v) is 14.6. The number of methoxy groups -OCH3 is 1. The summed E-state index contributed by atoms with van der Waals surface area (Å²) in [6.45, 7) is 4.07. The number of rotatable bonds is 8. The van der Waals surface area contributed by atoms with Gasteiger partial charge in [0.2, 0.25) is 5.91 Å². The van der Waals surface area contributed by atoms with E-state index in [9.17, 15) is 4.79 Å². The molecule has 0 saturated carbocycles. The number of hydrogen-bond donors (Lipinski definition) is 2. The van der Waals surface area contributed by atoms with Crippen molar-refractivity contribution in [3.63, 3.8) is 0 Å². The van der Waals surface area contributed by atoms with Crippen molar-refractivity contribution in [1.29, 1.82) is 0 Å². The van der Waals surface area contributed by atoms with Crippen LogP contribution in [0.3, 0.4) is 0 Å². The molecule has 0 unspecified atom stereocenters. The molecule has 1 aromatic rings. The van der Waals surface area contributed by atoms with Crippen molar-refractivity contribution in [3.05, 3.63) is 29.8 Å². The normalized spacial score (nSPS) is 11.0. The maximum absolute atomic E-state index is 11.5. The molecule has 6 nitrogen and oxygen atoms in total. The van der Waals surface area contributed by atoms with Crippen LogP contribution in [0.1, 0.15) is 18.9 Å². The Morgan fingerprint density at radius 3 is 2.48 bits per heavy atom. The molecule has 23 heavy (non-hydrogen) atoms. The summed E-state index contributed by atoms with van der Waals surface area (Å²) in [6, 6.07) is 8.03. The van der Waals surface area contributed by atoms with Crippen LogP contribution in [0.5, 0.6) is 5.75 Å². The van der Waals surface area contributed by atoms with E-state index in [0.717, 1.165) is 31.2 Å². The average Bonchev–Trinajstić information content (AvgIpc) is 2.55. The SMILES string of the molecule is CCNC(=NCCC(=O)N(C)C)NCCc1ccc(OC)cc1. The Hall–Kier alpha value is -2.24. The molecule has 0 aliphatic rings. The van der Waals surface area contributed by atoms with Crippen molar-refractivity contribution in [1.82, 2.24) is 15.5 Å². The van der Waals surface area contributed by atoms with Gasteiger partial charge >= 0.3 is 0 Å². The van der Waals surface area contributed by atoms with Gasteiger partial charge < -0.3 is 20.3 Å². The number of guanidine groups is 1. The van der Waals surface area contributed by atoms with Crippen LogP contribution in [0, 0.1) is 0 Å². The second-order valence-electron chi connectivity index (χ2n) is 5.32. The lowest BCUT2D eigenvalue weighted by Gasteiger charge is -2.12. The number of hydrogen-bond acceptors (Lipinski definition) is 3. The van der Waals surface area contributed by atoms with Crippen molar-refractivity contribution in [3.8, 4) is 5.75 Å². The first kappa shape index (κ1) is 18.8. The van der Waals surface area contributed by atoms with Gasteiger partial charge in [0.1, 0.15) is 5.75 Å². The standard InChI is InChI=1S/C17H28N4O2/c1-5-18-17(20-13-11-16(22)21(2)3)19-12-10-14-6-8-15(23-4)9-7-14/h6-9H,5,10-13H2,1-4H3,(H2,18,19,20). The molecule has 0 aromatic heterocycles. The minimum absolute atomic E-state index is 0.0860. The summed E-state index contributed by atoms with van der Waals surface area (Å²) < 4.78 is 5.15. The molecule has 1 rings (SSSR count). The lowest BCUT2D eigenvalue weighted by molar-refractivity contribution is -0.128. The highest BCUT2D eigenvalue weighted by atomic mass is 16.5. The van der Waals surface area contributed by atoms with Crippen LogP contribution in [0.15, 0.2) is 29.3 Å². The lowest BCUT2D eigenvalue weighted by atomic mass is 10.1. The van der Waals surface area contributed by atoms with E-state index in [1.165, 1.54) is 5.56 Å². The number of benzene rings is 1. The summed E-state index contributed by atoms with van der Waals surface area (Å²) in [5.41, 5.74) is 1.23. The van der Waals surface area contributed by atoms with Gasteiger partial charge in [0.05, 0.1) is 13.7 Å². The molecule has 0 fully saturated rings. The summed E-state index contributed by atoms with van der Waals surface area (Å²) in [4.78, 5) is 17.5. The zero-order valence-electron chi connectivity index (χ0n) is 14.6. The van der Waals surface area contributed by atoms with E-state index >= 15 is 0 Å². The third-order valence-electron chi connectivity index (χ3n) is 3.30. The van der Waals surface area contributed by atoms with E-state index in [2.05, 4.69) is 27.8 Å². The Kier molecular flexibility index (Phi) is 8.57. The van der Waals surface area contributed by atoms with Crippen molar-refractivity contribution in [2.24, 2.45) is 4.99 Å². The molecular weight excluding hydrogens is 292 g/mol. The summed E-state index contributed by atoms with van der Waals surface area (Å²) in [5.74, 6) is 1.69.